The number of allylic oxidation sites excluding steroid dienone is 2. The minimum Gasteiger partial charge on any atom is -0.258 e. The largest absolute Gasteiger partial charge is 0.528 e. The van der Waals surface area contributed by atoms with E-state index in [0.717, 1.165) is 0 Å². The molecule has 0 bridgehead atoms. The predicted octanol–water partition coefficient (Wildman–Crippen LogP) is 1.90. The van der Waals surface area contributed by atoms with Gasteiger partial charge in [-0.2, -0.15) is 0 Å². The minimum absolute atomic E-state index is 0.0787. The van der Waals surface area contributed by atoms with Crippen LogP contribution in [0.5, 0.6) is 0 Å². The molecular formula is C7H4ClF3N2O4. The van der Waals surface area contributed by atoms with Crippen LogP contribution in [-0.2, 0) is 0 Å². The SMILES string of the molecule is O=[N+]([O-])C1([N+](=O)[O-])C=C(C(F)F)C=CC1(F)Cl. The van der Waals surface area contributed by atoms with E-state index in [-0.39, 0.29) is 12.2 Å². The Labute approximate surface area is 96.6 Å². The van der Waals surface area contributed by atoms with Gasteiger partial charge in [0.05, 0.1) is 6.08 Å². The molecule has 1 aliphatic rings. The van der Waals surface area contributed by atoms with E-state index < -0.39 is 32.6 Å². The third kappa shape index (κ3) is 1.86. The summed E-state index contributed by atoms with van der Waals surface area (Å²) in [5, 5.41) is 17.7. The molecule has 10 heteroatoms. The van der Waals surface area contributed by atoms with E-state index in [1.54, 1.807) is 0 Å². The molecule has 0 saturated carbocycles. The Bertz CT molecular complexity index is 421. The summed E-state index contributed by atoms with van der Waals surface area (Å²) in [5.74, 6) is 0. The summed E-state index contributed by atoms with van der Waals surface area (Å²) in [5.41, 5.74) is -4.69. The van der Waals surface area contributed by atoms with Crippen LogP contribution >= 0.6 is 11.6 Å². The van der Waals surface area contributed by atoms with Crippen LogP contribution in [0.25, 0.3) is 0 Å². The van der Waals surface area contributed by atoms with Crippen molar-refractivity contribution in [2.45, 2.75) is 17.2 Å². The molecule has 0 fully saturated rings. The number of nitro groups is 2. The number of nitrogens with zero attached hydrogens (tertiary/aromatic N) is 2. The molecule has 0 aromatic rings. The van der Waals surface area contributed by atoms with Crippen molar-refractivity contribution in [2.75, 3.05) is 0 Å². The highest BCUT2D eigenvalue weighted by atomic mass is 35.5. The van der Waals surface area contributed by atoms with E-state index >= 15 is 0 Å². The van der Waals surface area contributed by atoms with Crippen molar-refractivity contribution >= 4 is 11.6 Å². The van der Waals surface area contributed by atoms with Crippen LogP contribution in [0, 0.1) is 20.2 Å². The summed E-state index contributed by atoms with van der Waals surface area (Å²) in [6, 6.07) is 0. The molecule has 94 valence electrons. The Morgan fingerprint density at radius 1 is 1.29 bits per heavy atom. The van der Waals surface area contributed by atoms with Crippen LogP contribution in [0.2, 0.25) is 0 Å². The average molecular weight is 273 g/mol. The van der Waals surface area contributed by atoms with Gasteiger partial charge in [-0.05, 0) is 6.08 Å². The number of hydrogen-bond donors (Lipinski definition) is 0. The van der Waals surface area contributed by atoms with E-state index in [0.29, 0.717) is 6.08 Å². The molecule has 17 heavy (non-hydrogen) atoms. The number of halogens is 4. The van der Waals surface area contributed by atoms with E-state index in [1.807, 2.05) is 0 Å². The molecule has 0 amide bonds. The number of hydrogen-bond acceptors (Lipinski definition) is 4. The fraction of sp³-hybridized carbons (Fsp3) is 0.429. The van der Waals surface area contributed by atoms with Crippen LogP contribution in [0.15, 0.2) is 23.8 Å². The van der Waals surface area contributed by atoms with E-state index in [1.165, 1.54) is 0 Å². The Kier molecular flexibility index (Phi) is 3.15. The lowest BCUT2D eigenvalue weighted by Gasteiger charge is -2.25. The maximum atomic E-state index is 13.6. The van der Waals surface area contributed by atoms with Crippen molar-refractivity contribution < 1.29 is 23.0 Å². The fourth-order valence-corrected chi connectivity index (χ4v) is 1.51. The maximum Gasteiger partial charge on any atom is 0.528 e. The Balaban J connectivity index is 3.48. The highest BCUT2D eigenvalue weighted by molar-refractivity contribution is 6.25. The van der Waals surface area contributed by atoms with Gasteiger partial charge in [-0.3, -0.25) is 20.2 Å². The monoisotopic (exact) mass is 272 g/mol. The second-order valence-corrected chi connectivity index (χ2v) is 3.69. The quantitative estimate of drug-likeness (QED) is 0.340. The van der Waals surface area contributed by atoms with Gasteiger partial charge >= 0.3 is 10.8 Å². The smallest absolute Gasteiger partial charge is 0.258 e. The normalized spacial score (nSPS) is 26.8. The second-order valence-electron chi connectivity index (χ2n) is 3.14. The second kappa shape index (κ2) is 3.99. The fourth-order valence-electron chi connectivity index (χ4n) is 1.25. The molecule has 1 rings (SSSR count). The zero-order valence-electron chi connectivity index (χ0n) is 7.85. The molecule has 0 heterocycles. The average Bonchev–Trinajstić information content (AvgIpc) is 2.15. The van der Waals surface area contributed by atoms with Crippen molar-refractivity contribution in [3.63, 3.8) is 0 Å². The lowest BCUT2D eigenvalue weighted by atomic mass is 9.95. The van der Waals surface area contributed by atoms with Gasteiger partial charge in [0.25, 0.3) is 6.43 Å². The van der Waals surface area contributed by atoms with Gasteiger partial charge in [0.2, 0.25) is 0 Å². The highest BCUT2D eigenvalue weighted by Gasteiger charge is 2.72. The van der Waals surface area contributed by atoms with Crippen molar-refractivity contribution in [1.82, 2.24) is 0 Å². The van der Waals surface area contributed by atoms with Crippen molar-refractivity contribution in [2.24, 2.45) is 0 Å². The Morgan fingerprint density at radius 2 is 1.76 bits per heavy atom. The number of rotatable bonds is 3. The molecule has 0 radical (unpaired) electrons. The standard InChI is InChI=1S/C7H4ClF3N2O4/c8-6(11)2-1-4(5(9)10)3-7(6,12(14)15)13(16)17/h1-3,5H. The summed E-state index contributed by atoms with van der Waals surface area (Å²) < 4.78 is 38.3. The van der Waals surface area contributed by atoms with Crippen LogP contribution in [0.3, 0.4) is 0 Å². The molecule has 0 aliphatic heterocycles. The Morgan fingerprint density at radius 3 is 2.12 bits per heavy atom. The van der Waals surface area contributed by atoms with E-state index in [9.17, 15) is 33.4 Å². The third-order valence-corrected chi connectivity index (χ3v) is 2.56. The number of alkyl halides is 4. The highest BCUT2D eigenvalue weighted by Crippen LogP contribution is 2.41. The van der Waals surface area contributed by atoms with Gasteiger partial charge in [-0.25, -0.2) is 13.2 Å². The first-order chi connectivity index (χ1) is 7.65. The minimum atomic E-state index is -3.66. The first-order valence-corrected chi connectivity index (χ1v) is 4.40. The van der Waals surface area contributed by atoms with Crippen LogP contribution < -0.4 is 0 Å². The molecule has 1 atom stereocenters. The molecule has 0 saturated heterocycles. The van der Waals surface area contributed by atoms with Gasteiger partial charge in [0, 0.05) is 5.57 Å². The van der Waals surface area contributed by atoms with Crippen LogP contribution in [-0.4, -0.2) is 27.1 Å². The first-order valence-electron chi connectivity index (χ1n) is 4.02. The zero-order chi connectivity index (χ0) is 13.4. The molecule has 0 aromatic heterocycles. The van der Waals surface area contributed by atoms with Crippen molar-refractivity contribution in [1.29, 1.82) is 0 Å². The lowest BCUT2D eigenvalue weighted by Crippen LogP contribution is -2.58. The van der Waals surface area contributed by atoms with Gasteiger partial charge in [0.1, 0.15) is 9.85 Å². The van der Waals surface area contributed by atoms with Gasteiger partial charge in [-0.15, -0.1) is 0 Å². The summed E-state index contributed by atoms with van der Waals surface area (Å²) in [7, 11) is 0. The summed E-state index contributed by atoms with van der Waals surface area (Å²) in [6.45, 7) is 0. The van der Waals surface area contributed by atoms with E-state index in [2.05, 4.69) is 0 Å². The molecule has 6 nitrogen and oxygen atoms in total. The van der Waals surface area contributed by atoms with Gasteiger partial charge < -0.3 is 0 Å². The predicted molar refractivity (Wildman–Crippen MR) is 49.6 cm³/mol. The van der Waals surface area contributed by atoms with Crippen molar-refractivity contribution in [3.8, 4) is 0 Å². The molecule has 0 N–H and O–H groups in total. The van der Waals surface area contributed by atoms with Gasteiger partial charge in [0.15, 0.2) is 0 Å². The summed E-state index contributed by atoms with van der Waals surface area (Å²) in [6.07, 6.45) is -2.65. The zero-order valence-corrected chi connectivity index (χ0v) is 8.60. The topological polar surface area (TPSA) is 86.3 Å². The van der Waals surface area contributed by atoms with Crippen LogP contribution in [0.4, 0.5) is 13.2 Å². The molecule has 1 aliphatic carbocycles. The summed E-state index contributed by atoms with van der Waals surface area (Å²) >= 11 is 5.03. The molecule has 0 spiro atoms. The Hall–Kier alpha value is -1.64. The molecule has 0 aromatic carbocycles. The summed E-state index contributed by atoms with van der Waals surface area (Å²) in [4.78, 5) is 17.9. The lowest BCUT2D eigenvalue weighted by molar-refractivity contribution is -0.790. The van der Waals surface area contributed by atoms with E-state index in [4.69, 9.17) is 11.6 Å². The third-order valence-electron chi connectivity index (χ3n) is 2.15. The molecule has 1 unspecified atom stereocenters. The van der Waals surface area contributed by atoms with Gasteiger partial charge in [-0.1, -0.05) is 17.7 Å². The van der Waals surface area contributed by atoms with Crippen LogP contribution in [0.1, 0.15) is 0 Å². The van der Waals surface area contributed by atoms with Crippen molar-refractivity contribution in [3.05, 3.63) is 44.0 Å². The first kappa shape index (κ1) is 13.4. The maximum absolute atomic E-state index is 13.6. The molecular weight excluding hydrogens is 269 g/mol.